The molecule has 1 saturated heterocycles. The summed E-state index contributed by atoms with van der Waals surface area (Å²) in [7, 11) is 0. The van der Waals surface area contributed by atoms with Crippen LogP contribution in [0.25, 0.3) is 0 Å². The lowest BCUT2D eigenvalue weighted by Crippen LogP contribution is -2.31. The van der Waals surface area contributed by atoms with Gasteiger partial charge in [0, 0.05) is 13.1 Å². The van der Waals surface area contributed by atoms with Crippen LogP contribution in [-0.2, 0) is 8.92 Å². The van der Waals surface area contributed by atoms with Crippen molar-refractivity contribution in [3.8, 4) is 0 Å². The third kappa shape index (κ3) is 3.45. The van der Waals surface area contributed by atoms with Gasteiger partial charge in [-0.2, -0.15) is 0 Å². The summed E-state index contributed by atoms with van der Waals surface area (Å²) in [5.41, 5.74) is 4.77. The summed E-state index contributed by atoms with van der Waals surface area (Å²) in [6.45, 7) is 2.88. The average molecular weight is 178 g/mol. The molecule has 0 unspecified atom stereocenters. The van der Waals surface area contributed by atoms with E-state index in [1.54, 1.807) is 0 Å². The van der Waals surface area contributed by atoms with Crippen LogP contribution < -0.4 is 5.73 Å². The SMILES string of the molecule is NC(=O)OSN1CCOCC1. The molecule has 2 N–H and O–H groups in total. The molecule has 0 atom stereocenters. The number of hydrogen-bond donors (Lipinski definition) is 1. The van der Waals surface area contributed by atoms with Crippen LogP contribution in [0.2, 0.25) is 0 Å². The number of nitrogens with zero attached hydrogens (tertiary/aromatic N) is 1. The molecular weight excluding hydrogens is 168 g/mol. The van der Waals surface area contributed by atoms with E-state index in [-0.39, 0.29) is 0 Å². The first-order chi connectivity index (χ1) is 5.29. The zero-order chi connectivity index (χ0) is 8.10. The number of hydrogen-bond acceptors (Lipinski definition) is 5. The van der Waals surface area contributed by atoms with Crippen molar-refractivity contribution in [2.45, 2.75) is 0 Å². The molecule has 0 aromatic carbocycles. The van der Waals surface area contributed by atoms with E-state index in [9.17, 15) is 4.79 Å². The molecule has 0 aromatic rings. The Kier molecular flexibility index (Phi) is 3.47. The van der Waals surface area contributed by atoms with Gasteiger partial charge in [0.15, 0.2) is 12.2 Å². The highest BCUT2D eigenvalue weighted by atomic mass is 32.2. The third-order valence-electron chi connectivity index (χ3n) is 1.19. The summed E-state index contributed by atoms with van der Waals surface area (Å²) in [5, 5.41) is 0. The van der Waals surface area contributed by atoms with Gasteiger partial charge < -0.3 is 14.7 Å². The van der Waals surface area contributed by atoms with Gasteiger partial charge in [0.2, 0.25) is 0 Å². The van der Waals surface area contributed by atoms with Crippen LogP contribution >= 0.6 is 12.2 Å². The van der Waals surface area contributed by atoms with E-state index in [2.05, 4.69) is 4.18 Å². The molecule has 1 aliphatic rings. The number of carbonyl (C=O) groups is 1. The van der Waals surface area contributed by atoms with Crippen molar-refractivity contribution < 1.29 is 13.7 Å². The maximum absolute atomic E-state index is 10.2. The van der Waals surface area contributed by atoms with E-state index < -0.39 is 6.09 Å². The predicted octanol–water partition coefficient (Wildman–Crippen LogP) is -0.0229. The van der Waals surface area contributed by atoms with E-state index in [4.69, 9.17) is 10.5 Å². The molecule has 0 spiro atoms. The highest BCUT2D eigenvalue weighted by Crippen LogP contribution is 2.12. The van der Waals surface area contributed by atoms with Gasteiger partial charge >= 0.3 is 6.09 Å². The number of amides is 1. The molecule has 0 radical (unpaired) electrons. The van der Waals surface area contributed by atoms with E-state index in [1.165, 1.54) is 0 Å². The van der Waals surface area contributed by atoms with Crippen molar-refractivity contribution in [1.82, 2.24) is 4.31 Å². The van der Waals surface area contributed by atoms with Gasteiger partial charge in [-0.15, -0.1) is 0 Å². The molecule has 1 amide bonds. The number of ether oxygens (including phenoxy) is 1. The first kappa shape index (κ1) is 8.63. The second-order valence-electron chi connectivity index (χ2n) is 2.02. The van der Waals surface area contributed by atoms with Gasteiger partial charge in [0.1, 0.15) is 0 Å². The lowest BCUT2D eigenvalue weighted by atomic mass is 10.5. The monoisotopic (exact) mass is 178 g/mol. The Balaban J connectivity index is 2.09. The summed E-state index contributed by atoms with van der Waals surface area (Å²) in [6.07, 6.45) is -0.763. The summed E-state index contributed by atoms with van der Waals surface area (Å²) in [4.78, 5) is 10.2. The third-order valence-corrected chi connectivity index (χ3v) is 2.01. The van der Waals surface area contributed by atoms with Gasteiger partial charge in [0.05, 0.1) is 13.2 Å². The number of nitrogens with two attached hydrogens (primary N) is 1. The molecule has 0 aliphatic carbocycles. The Bertz CT molecular complexity index is 138. The lowest BCUT2D eigenvalue weighted by Gasteiger charge is -2.22. The molecule has 0 saturated carbocycles. The minimum Gasteiger partial charge on any atom is -0.379 e. The molecule has 1 aliphatic heterocycles. The van der Waals surface area contributed by atoms with Gasteiger partial charge in [-0.05, 0) is 0 Å². The van der Waals surface area contributed by atoms with Crippen molar-refractivity contribution in [1.29, 1.82) is 0 Å². The summed E-state index contributed by atoms with van der Waals surface area (Å²) >= 11 is 0.984. The van der Waals surface area contributed by atoms with Crippen molar-refractivity contribution in [2.24, 2.45) is 5.73 Å². The minimum atomic E-state index is -0.763. The molecule has 64 valence electrons. The normalized spacial score (nSPS) is 19.6. The van der Waals surface area contributed by atoms with Crippen LogP contribution in [0.1, 0.15) is 0 Å². The maximum atomic E-state index is 10.2. The fraction of sp³-hybridized carbons (Fsp3) is 0.800. The number of rotatable bonds is 2. The number of morpholine rings is 1. The number of carbonyl (C=O) groups excluding carboxylic acids is 1. The topological polar surface area (TPSA) is 64.8 Å². The minimum absolute atomic E-state index is 0.676. The maximum Gasteiger partial charge on any atom is 0.417 e. The second-order valence-corrected chi connectivity index (χ2v) is 2.85. The zero-order valence-electron chi connectivity index (χ0n) is 5.99. The van der Waals surface area contributed by atoms with Gasteiger partial charge in [-0.3, -0.25) is 0 Å². The largest absolute Gasteiger partial charge is 0.417 e. The van der Waals surface area contributed by atoms with E-state index in [0.29, 0.717) is 13.2 Å². The molecule has 0 aromatic heterocycles. The van der Waals surface area contributed by atoms with Crippen LogP contribution in [0.4, 0.5) is 4.79 Å². The van der Waals surface area contributed by atoms with Crippen molar-refractivity contribution in [3.63, 3.8) is 0 Å². The van der Waals surface area contributed by atoms with Crippen LogP contribution in [0.5, 0.6) is 0 Å². The molecule has 11 heavy (non-hydrogen) atoms. The van der Waals surface area contributed by atoms with E-state index >= 15 is 0 Å². The fourth-order valence-electron chi connectivity index (χ4n) is 0.711. The summed E-state index contributed by atoms with van der Waals surface area (Å²) in [6, 6.07) is 0. The van der Waals surface area contributed by atoms with Crippen LogP contribution in [0.15, 0.2) is 0 Å². The highest BCUT2D eigenvalue weighted by Gasteiger charge is 2.12. The van der Waals surface area contributed by atoms with Gasteiger partial charge in [0.25, 0.3) is 0 Å². The predicted molar refractivity (Wildman–Crippen MR) is 40.7 cm³/mol. The first-order valence-electron chi connectivity index (χ1n) is 3.26. The van der Waals surface area contributed by atoms with E-state index in [1.807, 2.05) is 4.31 Å². The van der Waals surface area contributed by atoms with Crippen molar-refractivity contribution in [2.75, 3.05) is 26.3 Å². The van der Waals surface area contributed by atoms with Crippen LogP contribution in [0.3, 0.4) is 0 Å². The zero-order valence-corrected chi connectivity index (χ0v) is 6.80. The molecular formula is C5H10N2O3S. The Morgan fingerprint density at radius 2 is 2.18 bits per heavy atom. The quantitative estimate of drug-likeness (QED) is 0.475. The van der Waals surface area contributed by atoms with Gasteiger partial charge in [-0.1, -0.05) is 0 Å². The highest BCUT2D eigenvalue weighted by molar-refractivity contribution is 7.92. The smallest absolute Gasteiger partial charge is 0.379 e. The Morgan fingerprint density at radius 1 is 1.55 bits per heavy atom. The Morgan fingerprint density at radius 3 is 2.73 bits per heavy atom. The standard InChI is InChI=1S/C5H10N2O3S/c6-5(8)10-11-7-1-3-9-4-2-7/h1-4H2,(H2,6,8). The fourth-order valence-corrected chi connectivity index (χ4v) is 1.19. The molecule has 1 heterocycles. The molecule has 0 bridgehead atoms. The second kappa shape index (κ2) is 4.42. The number of primary amides is 1. The van der Waals surface area contributed by atoms with Crippen LogP contribution in [-0.4, -0.2) is 36.7 Å². The molecule has 1 fully saturated rings. The van der Waals surface area contributed by atoms with Crippen molar-refractivity contribution >= 4 is 18.3 Å². The summed E-state index contributed by atoms with van der Waals surface area (Å²) < 4.78 is 11.5. The Labute approximate surface area is 69.1 Å². The molecule has 1 rings (SSSR count). The molecule has 6 heteroatoms. The lowest BCUT2D eigenvalue weighted by molar-refractivity contribution is 0.0749. The Hall–Kier alpha value is -0.460. The van der Waals surface area contributed by atoms with Crippen LogP contribution in [0, 0.1) is 0 Å². The molecule has 5 nitrogen and oxygen atoms in total. The summed E-state index contributed by atoms with van der Waals surface area (Å²) in [5.74, 6) is 0. The van der Waals surface area contributed by atoms with E-state index in [0.717, 1.165) is 25.3 Å². The van der Waals surface area contributed by atoms with Gasteiger partial charge in [-0.25, -0.2) is 9.10 Å². The van der Waals surface area contributed by atoms with Crippen molar-refractivity contribution in [3.05, 3.63) is 0 Å². The first-order valence-corrected chi connectivity index (χ1v) is 3.95. The average Bonchev–Trinajstić information content (AvgIpc) is 2.03.